The lowest BCUT2D eigenvalue weighted by Gasteiger charge is -2.39. The molecule has 0 radical (unpaired) electrons. The van der Waals surface area contributed by atoms with Crippen LogP contribution in [0.1, 0.15) is 29.9 Å². The first-order valence-electron chi connectivity index (χ1n) is 7.52. The Morgan fingerprint density at radius 2 is 2.00 bits per heavy atom. The zero-order chi connectivity index (χ0) is 14.7. The molecule has 110 valence electrons. The van der Waals surface area contributed by atoms with E-state index in [1.807, 2.05) is 19.3 Å². The lowest BCUT2D eigenvalue weighted by Crippen LogP contribution is -2.50. The minimum atomic E-state index is 0.394. The molecule has 1 fully saturated rings. The highest BCUT2D eigenvalue weighted by molar-refractivity contribution is 5.20. The number of aryl methyl sites for hydroxylation is 1. The zero-order valence-electron chi connectivity index (χ0n) is 12.7. The summed E-state index contributed by atoms with van der Waals surface area (Å²) in [7, 11) is 0. The summed E-state index contributed by atoms with van der Waals surface area (Å²) in [6, 6.07) is 11.6. The van der Waals surface area contributed by atoms with Gasteiger partial charge in [0.2, 0.25) is 0 Å². The zero-order valence-corrected chi connectivity index (χ0v) is 12.7. The van der Waals surface area contributed by atoms with Crippen LogP contribution in [0, 0.1) is 6.92 Å². The Kier molecular flexibility index (Phi) is 4.27. The fourth-order valence-electron chi connectivity index (χ4n) is 2.87. The normalized spacial score (nSPS) is 23.1. The van der Waals surface area contributed by atoms with Gasteiger partial charge in [-0.3, -0.25) is 14.9 Å². The molecule has 0 amide bonds. The number of hydrogen-bond donors (Lipinski definition) is 1. The van der Waals surface area contributed by atoms with E-state index in [1.165, 1.54) is 5.56 Å². The molecule has 1 aliphatic heterocycles. The number of nitrogens with one attached hydrogen (secondary N) is 1. The summed E-state index contributed by atoms with van der Waals surface area (Å²) in [5.41, 5.74) is 3.36. The van der Waals surface area contributed by atoms with Crippen LogP contribution in [0.2, 0.25) is 0 Å². The van der Waals surface area contributed by atoms with E-state index in [0.717, 1.165) is 31.0 Å². The molecule has 1 aromatic heterocycles. The summed E-state index contributed by atoms with van der Waals surface area (Å²) in [5.74, 6) is 0. The van der Waals surface area contributed by atoms with Gasteiger partial charge in [0.1, 0.15) is 0 Å². The highest BCUT2D eigenvalue weighted by Crippen LogP contribution is 2.24. The van der Waals surface area contributed by atoms with Crippen molar-refractivity contribution in [2.75, 3.05) is 13.1 Å². The summed E-state index contributed by atoms with van der Waals surface area (Å²) < 4.78 is 0. The van der Waals surface area contributed by atoms with Gasteiger partial charge < -0.3 is 5.32 Å². The van der Waals surface area contributed by atoms with Gasteiger partial charge in [-0.2, -0.15) is 0 Å². The molecular formula is C17H22N4. The summed E-state index contributed by atoms with van der Waals surface area (Å²) in [5, 5.41) is 3.58. The number of piperazine rings is 1. The fraction of sp³-hybridized carbons (Fsp3) is 0.412. The van der Waals surface area contributed by atoms with Gasteiger partial charge >= 0.3 is 0 Å². The molecule has 21 heavy (non-hydrogen) atoms. The molecule has 2 heterocycles. The summed E-state index contributed by atoms with van der Waals surface area (Å²) in [4.78, 5) is 11.4. The first kappa shape index (κ1) is 14.2. The largest absolute Gasteiger partial charge is 0.311 e. The minimum absolute atomic E-state index is 0.394. The Balaban J connectivity index is 1.80. The Morgan fingerprint density at radius 1 is 1.19 bits per heavy atom. The molecule has 1 aliphatic rings. The van der Waals surface area contributed by atoms with Crippen LogP contribution in [0.3, 0.4) is 0 Å². The quantitative estimate of drug-likeness (QED) is 0.938. The molecule has 2 atom stereocenters. The van der Waals surface area contributed by atoms with Crippen LogP contribution in [0.4, 0.5) is 0 Å². The minimum Gasteiger partial charge on any atom is -0.311 e. The van der Waals surface area contributed by atoms with E-state index < -0.39 is 0 Å². The molecule has 0 saturated carbocycles. The molecule has 2 aromatic rings. The van der Waals surface area contributed by atoms with Gasteiger partial charge in [-0.05, 0) is 19.4 Å². The van der Waals surface area contributed by atoms with Gasteiger partial charge in [0.05, 0.1) is 11.4 Å². The third-order valence-electron chi connectivity index (χ3n) is 3.99. The second kappa shape index (κ2) is 6.33. The molecule has 1 aromatic carbocycles. The molecule has 0 bridgehead atoms. The molecule has 4 nitrogen and oxygen atoms in total. The van der Waals surface area contributed by atoms with Crippen molar-refractivity contribution in [3.8, 4) is 0 Å². The maximum absolute atomic E-state index is 4.50. The third kappa shape index (κ3) is 3.46. The molecule has 1 N–H and O–H groups in total. The molecule has 3 rings (SSSR count). The van der Waals surface area contributed by atoms with Crippen molar-refractivity contribution in [1.29, 1.82) is 0 Å². The van der Waals surface area contributed by atoms with Crippen molar-refractivity contribution >= 4 is 0 Å². The van der Waals surface area contributed by atoms with Crippen molar-refractivity contribution in [3.05, 3.63) is 59.7 Å². The Hall–Kier alpha value is -1.78. The SMILES string of the molecule is Cc1cnc(CN2CC(C)NCC2c2ccccc2)cn1. The summed E-state index contributed by atoms with van der Waals surface area (Å²) in [6.07, 6.45) is 3.74. The molecule has 2 unspecified atom stereocenters. The van der Waals surface area contributed by atoms with Crippen LogP contribution >= 0.6 is 0 Å². The van der Waals surface area contributed by atoms with E-state index in [4.69, 9.17) is 0 Å². The van der Waals surface area contributed by atoms with Crippen LogP contribution in [-0.2, 0) is 6.54 Å². The molecule has 0 aliphatic carbocycles. The fourth-order valence-corrected chi connectivity index (χ4v) is 2.87. The average Bonchev–Trinajstić information content (AvgIpc) is 2.51. The van der Waals surface area contributed by atoms with Crippen molar-refractivity contribution in [3.63, 3.8) is 0 Å². The monoisotopic (exact) mass is 282 g/mol. The summed E-state index contributed by atoms with van der Waals surface area (Å²) >= 11 is 0. The van der Waals surface area contributed by atoms with Crippen molar-refractivity contribution in [2.24, 2.45) is 0 Å². The predicted octanol–water partition coefficient (Wildman–Crippen LogP) is 2.32. The van der Waals surface area contributed by atoms with Crippen LogP contribution in [0.15, 0.2) is 42.7 Å². The van der Waals surface area contributed by atoms with E-state index in [0.29, 0.717) is 12.1 Å². The third-order valence-corrected chi connectivity index (χ3v) is 3.99. The Bertz CT molecular complexity index is 567. The lowest BCUT2D eigenvalue weighted by atomic mass is 10.0. The Labute approximate surface area is 126 Å². The van der Waals surface area contributed by atoms with Gasteiger partial charge in [0, 0.05) is 44.1 Å². The molecule has 4 heteroatoms. The topological polar surface area (TPSA) is 41.1 Å². The summed E-state index contributed by atoms with van der Waals surface area (Å²) in [6.45, 7) is 7.05. The first-order chi connectivity index (χ1) is 10.2. The van der Waals surface area contributed by atoms with Gasteiger partial charge in [0.25, 0.3) is 0 Å². The molecular weight excluding hydrogens is 260 g/mol. The first-order valence-corrected chi connectivity index (χ1v) is 7.52. The number of hydrogen-bond acceptors (Lipinski definition) is 4. The van der Waals surface area contributed by atoms with Crippen molar-refractivity contribution in [2.45, 2.75) is 32.5 Å². The maximum Gasteiger partial charge on any atom is 0.0727 e. The molecule has 1 saturated heterocycles. The van der Waals surface area contributed by atoms with Crippen LogP contribution in [-0.4, -0.2) is 34.0 Å². The van der Waals surface area contributed by atoms with Gasteiger partial charge in [-0.1, -0.05) is 30.3 Å². The smallest absolute Gasteiger partial charge is 0.0727 e. The van der Waals surface area contributed by atoms with E-state index >= 15 is 0 Å². The average molecular weight is 282 g/mol. The number of benzene rings is 1. The van der Waals surface area contributed by atoms with Gasteiger partial charge in [-0.15, -0.1) is 0 Å². The van der Waals surface area contributed by atoms with E-state index in [1.54, 1.807) is 0 Å². The maximum atomic E-state index is 4.50. The highest BCUT2D eigenvalue weighted by Gasteiger charge is 2.27. The standard InChI is InChI=1S/C17H22N4/c1-13-8-20-16(9-18-13)12-21-11-14(2)19-10-17(21)15-6-4-3-5-7-15/h3-9,14,17,19H,10-12H2,1-2H3. The van der Waals surface area contributed by atoms with Crippen molar-refractivity contribution in [1.82, 2.24) is 20.2 Å². The van der Waals surface area contributed by atoms with E-state index in [2.05, 4.69) is 57.4 Å². The number of rotatable bonds is 3. The van der Waals surface area contributed by atoms with E-state index in [-0.39, 0.29) is 0 Å². The van der Waals surface area contributed by atoms with Crippen LogP contribution in [0.25, 0.3) is 0 Å². The van der Waals surface area contributed by atoms with Crippen LogP contribution in [0.5, 0.6) is 0 Å². The second-order valence-electron chi connectivity index (χ2n) is 5.81. The van der Waals surface area contributed by atoms with E-state index in [9.17, 15) is 0 Å². The number of nitrogens with zero attached hydrogens (tertiary/aromatic N) is 3. The molecule has 0 spiro atoms. The van der Waals surface area contributed by atoms with Crippen molar-refractivity contribution < 1.29 is 0 Å². The lowest BCUT2D eigenvalue weighted by molar-refractivity contribution is 0.126. The second-order valence-corrected chi connectivity index (χ2v) is 5.81. The highest BCUT2D eigenvalue weighted by atomic mass is 15.2. The Morgan fingerprint density at radius 3 is 2.71 bits per heavy atom. The number of aromatic nitrogens is 2. The van der Waals surface area contributed by atoms with Gasteiger partial charge in [-0.25, -0.2) is 0 Å². The van der Waals surface area contributed by atoms with Gasteiger partial charge in [0.15, 0.2) is 0 Å². The van der Waals surface area contributed by atoms with Crippen LogP contribution < -0.4 is 5.32 Å². The predicted molar refractivity (Wildman–Crippen MR) is 83.8 cm³/mol.